The van der Waals surface area contributed by atoms with Gasteiger partial charge in [0.05, 0.1) is 12.6 Å². The SMILES string of the molecule is COc1c(C#N)c(C)cc2c3c([nH]c4c(C)c(C)c(C)cc43)c(OO)n12. The van der Waals surface area contributed by atoms with Crippen LogP contribution in [-0.4, -0.2) is 21.8 Å². The molecule has 4 aromatic rings. The van der Waals surface area contributed by atoms with Gasteiger partial charge in [-0.25, -0.2) is 9.66 Å². The number of rotatable bonds is 2. The molecule has 0 aliphatic carbocycles. The zero-order valence-corrected chi connectivity index (χ0v) is 15.3. The van der Waals surface area contributed by atoms with E-state index in [1.807, 2.05) is 13.0 Å². The molecule has 0 unspecified atom stereocenters. The second-order valence-electron chi connectivity index (χ2n) is 6.68. The van der Waals surface area contributed by atoms with Crippen LogP contribution >= 0.6 is 0 Å². The number of aromatic nitrogens is 2. The summed E-state index contributed by atoms with van der Waals surface area (Å²) in [5.41, 5.74) is 7.29. The van der Waals surface area contributed by atoms with E-state index >= 15 is 0 Å². The quantitative estimate of drug-likeness (QED) is 0.411. The van der Waals surface area contributed by atoms with Crippen molar-refractivity contribution in [2.24, 2.45) is 0 Å². The molecule has 0 saturated carbocycles. The molecule has 6 nitrogen and oxygen atoms in total. The lowest BCUT2D eigenvalue weighted by Crippen LogP contribution is -2.02. The Morgan fingerprint density at radius 1 is 1.04 bits per heavy atom. The number of nitrogens with one attached hydrogen (secondary N) is 1. The summed E-state index contributed by atoms with van der Waals surface area (Å²) in [6, 6.07) is 6.22. The Morgan fingerprint density at radius 3 is 2.38 bits per heavy atom. The van der Waals surface area contributed by atoms with Gasteiger partial charge in [0.2, 0.25) is 5.88 Å². The third kappa shape index (κ3) is 1.83. The fraction of sp³-hybridized carbons (Fsp3) is 0.250. The van der Waals surface area contributed by atoms with Gasteiger partial charge in [0, 0.05) is 16.3 Å². The number of ether oxygens (including phenoxy) is 1. The second-order valence-corrected chi connectivity index (χ2v) is 6.68. The highest BCUT2D eigenvalue weighted by Gasteiger charge is 2.25. The predicted octanol–water partition coefficient (Wildman–Crippen LogP) is 4.54. The van der Waals surface area contributed by atoms with Gasteiger partial charge < -0.3 is 14.6 Å². The second kappa shape index (κ2) is 5.41. The molecule has 0 aliphatic heterocycles. The van der Waals surface area contributed by atoms with Crippen molar-refractivity contribution in [3.8, 4) is 17.8 Å². The molecular formula is C20H19N3O3. The molecule has 26 heavy (non-hydrogen) atoms. The number of fused-ring (bicyclic) bond motifs is 5. The molecule has 0 radical (unpaired) electrons. The minimum Gasteiger partial charge on any atom is -0.481 e. The van der Waals surface area contributed by atoms with Crippen molar-refractivity contribution in [1.82, 2.24) is 9.38 Å². The first-order valence-electron chi connectivity index (χ1n) is 8.30. The Labute approximate surface area is 150 Å². The molecule has 3 heterocycles. The zero-order valence-electron chi connectivity index (χ0n) is 15.3. The molecular weight excluding hydrogens is 330 g/mol. The summed E-state index contributed by atoms with van der Waals surface area (Å²) in [5.74, 6) is 0.541. The van der Waals surface area contributed by atoms with Crippen LogP contribution in [0, 0.1) is 39.0 Å². The summed E-state index contributed by atoms with van der Waals surface area (Å²) in [7, 11) is 1.50. The fourth-order valence-electron chi connectivity index (χ4n) is 3.83. The molecule has 0 bridgehead atoms. The first-order chi connectivity index (χ1) is 12.4. The first kappa shape index (κ1) is 16.3. The van der Waals surface area contributed by atoms with Gasteiger partial charge in [0.25, 0.3) is 5.88 Å². The van der Waals surface area contributed by atoms with Crippen LogP contribution in [0.1, 0.15) is 27.8 Å². The lowest BCUT2D eigenvalue weighted by molar-refractivity contribution is -0.141. The van der Waals surface area contributed by atoms with Crippen LogP contribution in [0.25, 0.3) is 27.3 Å². The number of nitrogens with zero attached hydrogens (tertiary/aromatic N) is 2. The van der Waals surface area contributed by atoms with Crippen LogP contribution in [0.2, 0.25) is 0 Å². The van der Waals surface area contributed by atoms with E-state index in [1.165, 1.54) is 18.2 Å². The van der Waals surface area contributed by atoms with Gasteiger partial charge in [-0.2, -0.15) is 5.26 Å². The molecule has 0 amide bonds. The van der Waals surface area contributed by atoms with Gasteiger partial charge in [-0.05, 0) is 62.1 Å². The van der Waals surface area contributed by atoms with E-state index in [9.17, 15) is 10.5 Å². The molecule has 2 N–H and O–H groups in total. The van der Waals surface area contributed by atoms with E-state index in [1.54, 1.807) is 4.40 Å². The van der Waals surface area contributed by atoms with Crippen LogP contribution in [-0.2, 0) is 0 Å². The van der Waals surface area contributed by atoms with Crippen molar-refractivity contribution >= 4 is 27.3 Å². The molecule has 0 spiro atoms. The van der Waals surface area contributed by atoms with Crippen molar-refractivity contribution in [2.75, 3.05) is 7.11 Å². The van der Waals surface area contributed by atoms with Crippen molar-refractivity contribution < 1.29 is 14.9 Å². The number of H-pyrrole nitrogens is 1. The summed E-state index contributed by atoms with van der Waals surface area (Å²) >= 11 is 0. The number of pyridine rings is 1. The van der Waals surface area contributed by atoms with Gasteiger partial charge in [0.15, 0.2) is 0 Å². The van der Waals surface area contributed by atoms with E-state index in [2.05, 4.69) is 37.9 Å². The van der Waals surface area contributed by atoms with Gasteiger partial charge in [0.1, 0.15) is 17.1 Å². The van der Waals surface area contributed by atoms with Crippen molar-refractivity contribution in [3.63, 3.8) is 0 Å². The Hall–Kier alpha value is -3.17. The molecule has 132 valence electrons. The van der Waals surface area contributed by atoms with Gasteiger partial charge in [-0.15, -0.1) is 0 Å². The molecule has 0 fully saturated rings. The maximum absolute atomic E-state index is 9.60. The Morgan fingerprint density at radius 2 is 1.77 bits per heavy atom. The Bertz CT molecular complexity index is 1260. The summed E-state index contributed by atoms with van der Waals surface area (Å²) in [6.45, 7) is 8.13. The van der Waals surface area contributed by atoms with Crippen LogP contribution in [0.3, 0.4) is 0 Å². The molecule has 4 rings (SSSR count). The maximum atomic E-state index is 9.60. The fourth-order valence-corrected chi connectivity index (χ4v) is 3.83. The Balaban J connectivity index is 2.34. The van der Waals surface area contributed by atoms with Gasteiger partial charge in [-0.3, -0.25) is 0 Å². The molecule has 0 saturated heterocycles. The van der Waals surface area contributed by atoms with Crippen molar-refractivity contribution in [3.05, 3.63) is 39.9 Å². The molecule has 6 heteroatoms. The van der Waals surface area contributed by atoms with E-state index in [0.717, 1.165) is 32.9 Å². The summed E-state index contributed by atoms with van der Waals surface area (Å²) in [5, 5.41) is 21.1. The van der Waals surface area contributed by atoms with Crippen LogP contribution < -0.4 is 9.62 Å². The number of benzene rings is 1. The predicted molar refractivity (Wildman–Crippen MR) is 100 cm³/mol. The lowest BCUT2D eigenvalue weighted by atomic mass is 10.00. The average Bonchev–Trinajstić information content (AvgIpc) is 3.13. The normalized spacial score (nSPS) is 11.4. The number of nitriles is 1. The van der Waals surface area contributed by atoms with Crippen molar-refractivity contribution in [2.45, 2.75) is 27.7 Å². The lowest BCUT2D eigenvalue weighted by Gasteiger charge is -2.11. The van der Waals surface area contributed by atoms with E-state index in [0.29, 0.717) is 17.0 Å². The minimum atomic E-state index is 0.203. The van der Waals surface area contributed by atoms with Gasteiger partial charge in [-0.1, -0.05) is 0 Å². The smallest absolute Gasteiger partial charge is 0.268 e. The summed E-state index contributed by atoms with van der Waals surface area (Å²) in [6.07, 6.45) is 0. The number of methoxy groups -OCH3 is 1. The van der Waals surface area contributed by atoms with E-state index < -0.39 is 0 Å². The molecule has 1 aromatic carbocycles. The summed E-state index contributed by atoms with van der Waals surface area (Å²) in [4.78, 5) is 8.12. The topological polar surface area (TPSA) is 82.7 Å². The third-order valence-electron chi connectivity index (χ3n) is 5.40. The van der Waals surface area contributed by atoms with E-state index in [4.69, 9.17) is 9.62 Å². The molecule has 3 aromatic heterocycles. The van der Waals surface area contributed by atoms with Crippen LogP contribution in [0.4, 0.5) is 0 Å². The standard InChI is InChI=1S/C20H19N3O3/c1-9-6-13-16-15-7-10(2)14(8-21)19(25-5)23(15)20(26-24)18(16)22-17(13)12(4)11(9)3/h6-7,22,24H,1-5H3. The zero-order chi connectivity index (χ0) is 18.7. The largest absolute Gasteiger partial charge is 0.481 e. The van der Waals surface area contributed by atoms with Gasteiger partial charge >= 0.3 is 0 Å². The number of hydrogen-bond donors (Lipinski definition) is 2. The number of aromatic amines is 1. The minimum absolute atomic E-state index is 0.203. The molecule has 0 aliphatic rings. The average molecular weight is 349 g/mol. The highest BCUT2D eigenvalue weighted by atomic mass is 17.1. The van der Waals surface area contributed by atoms with Crippen LogP contribution in [0.15, 0.2) is 12.1 Å². The van der Waals surface area contributed by atoms with E-state index in [-0.39, 0.29) is 5.88 Å². The monoisotopic (exact) mass is 349 g/mol. The molecule has 0 atom stereocenters. The van der Waals surface area contributed by atoms with Crippen molar-refractivity contribution in [1.29, 1.82) is 5.26 Å². The third-order valence-corrected chi connectivity index (χ3v) is 5.40. The summed E-state index contributed by atoms with van der Waals surface area (Å²) < 4.78 is 7.12. The number of hydrogen-bond acceptors (Lipinski definition) is 4. The highest BCUT2D eigenvalue weighted by Crippen LogP contribution is 2.43. The Kier molecular flexibility index (Phi) is 3.40. The van der Waals surface area contributed by atoms with Crippen LogP contribution in [0.5, 0.6) is 11.8 Å². The highest BCUT2D eigenvalue weighted by molar-refractivity contribution is 6.18. The number of aryl methyl sites for hydroxylation is 3. The first-order valence-corrected chi connectivity index (χ1v) is 8.30. The maximum Gasteiger partial charge on any atom is 0.268 e.